The zero-order valence-electron chi connectivity index (χ0n) is 11.9. The first-order chi connectivity index (χ1) is 10.7. The summed E-state index contributed by atoms with van der Waals surface area (Å²) in [4.78, 5) is 18.4. The van der Waals surface area contributed by atoms with E-state index in [0.29, 0.717) is 10.8 Å². The van der Waals surface area contributed by atoms with Crippen molar-refractivity contribution in [3.63, 3.8) is 0 Å². The fourth-order valence-electron chi connectivity index (χ4n) is 2.37. The molecule has 0 spiro atoms. The summed E-state index contributed by atoms with van der Waals surface area (Å²) in [5.41, 5.74) is 0. The first-order valence-electron chi connectivity index (χ1n) is 7.03. The van der Waals surface area contributed by atoms with Crippen molar-refractivity contribution in [2.24, 2.45) is 0 Å². The average molecular weight is 338 g/mol. The minimum atomic E-state index is -0.110. The van der Waals surface area contributed by atoms with E-state index in [9.17, 15) is 4.79 Å². The summed E-state index contributed by atoms with van der Waals surface area (Å²) in [5, 5.41) is 6.61. The van der Waals surface area contributed by atoms with Crippen LogP contribution in [0.1, 0.15) is 6.42 Å². The number of halogens is 1. The second kappa shape index (κ2) is 6.98. The molecule has 1 aliphatic heterocycles. The van der Waals surface area contributed by atoms with Crippen LogP contribution in [0.25, 0.3) is 0 Å². The molecule has 1 aromatic carbocycles. The van der Waals surface area contributed by atoms with E-state index in [1.165, 1.54) is 0 Å². The van der Waals surface area contributed by atoms with Crippen LogP contribution in [0.3, 0.4) is 0 Å². The van der Waals surface area contributed by atoms with Gasteiger partial charge in [0.25, 0.3) is 5.91 Å². The van der Waals surface area contributed by atoms with Crippen molar-refractivity contribution in [1.29, 1.82) is 0 Å². The van der Waals surface area contributed by atoms with Gasteiger partial charge in [0, 0.05) is 35.7 Å². The van der Waals surface area contributed by atoms with Gasteiger partial charge in [0.1, 0.15) is 5.75 Å². The summed E-state index contributed by atoms with van der Waals surface area (Å²) >= 11 is 7.42. The number of anilines is 1. The van der Waals surface area contributed by atoms with E-state index in [2.05, 4.69) is 15.2 Å². The molecule has 116 valence electrons. The number of hydrogen-bond acceptors (Lipinski definition) is 5. The van der Waals surface area contributed by atoms with Crippen molar-refractivity contribution >= 4 is 34.0 Å². The molecule has 5 nitrogen and oxygen atoms in total. The van der Waals surface area contributed by atoms with E-state index in [-0.39, 0.29) is 18.6 Å². The van der Waals surface area contributed by atoms with Crippen LogP contribution in [0, 0.1) is 0 Å². The Morgan fingerprint density at radius 3 is 3.00 bits per heavy atom. The van der Waals surface area contributed by atoms with E-state index in [1.54, 1.807) is 41.8 Å². The summed E-state index contributed by atoms with van der Waals surface area (Å²) < 4.78 is 5.44. The van der Waals surface area contributed by atoms with Gasteiger partial charge < -0.3 is 15.0 Å². The number of nitrogens with one attached hydrogen (secondary N) is 1. The monoisotopic (exact) mass is 337 g/mol. The highest BCUT2D eigenvalue weighted by Crippen LogP contribution is 2.22. The van der Waals surface area contributed by atoms with Crippen LogP contribution in [0.5, 0.6) is 5.75 Å². The predicted octanol–water partition coefficient (Wildman–Crippen LogP) is 2.57. The van der Waals surface area contributed by atoms with Crippen molar-refractivity contribution in [1.82, 2.24) is 10.3 Å². The molecule has 0 saturated carbocycles. The molecule has 7 heteroatoms. The van der Waals surface area contributed by atoms with Crippen molar-refractivity contribution < 1.29 is 9.53 Å². The molecular formula is C15H16ClN3O2S. The quantitative estimate of drug-likeness (QED) is 0.911. The molecule has 0 bridgehead atoms. The second-order valence-electron chi connectivity index (χ2n) is 5.06. The number of amides is 1. The Balaban J connectivity index is 1.43. The zero-order chi connectivity index (χ0) is 15.4. The van der Waals surface area contributed by atoms with Gasteiger partial charge in [0.05, 0.1) is 0 Å². The molecular weight excluding hydrogens is 322 g/mol. The number of benzene rings is 1. The third-order valence-electron chi connectivity index (χ3n) is 3.43. The van der Waals surface area contributed by atoms with Gasteiger partial charge in [-0.25, -0.2) is 4.98 Å². The summed E-state index contributed by atoms with van der Waals surface area (Å²) in [6.45, 7) is 1.71. The van der Waals surface area contributed by atoms with Gasteiger partial charge in [-0.1, -0.05) is 11.6 Å². The number of hydrogen-bond donors (Lipinski definition) is 1. The molecule has 1 aliphatic rings. The lowest BCUT2D eigenvalue weighted by Crippen LogP contribution is -2.39. The minimum Gasteiger partial charge on any atom is -0.484 e. The Morgan fingerprint density at radius 1 is 1.45 bits per heavy atom. The standard InChI is InChI=1S/C15H16ClN3O2S/c16-11-1-3-13(4-2-11)21-10-14(20)18-12-5-7-19(9-12)15-17-6-8-22-15/h1-4,6,8,12H,5,7,9-10H2,(H,18,20)/t12-/m0/s1. The number of carbonyl (C=O) groups is 1. The topological polar surface area (TPSA) is 54.5 Å². The lowest BCUT2D eigenvalue weighted by Gasteiger charge is -2.16. The third-order valence-corrected chi connectivity index (χ3v) is 4.51. The molecule has 1 fully saturated rings. The van der Waals surface area contributed by atoms with Gasteiger partial charge in [-0.2, -0.15) is 0 Å². The average Bonchev–Trinajstić information content (AvgIpc) is 3.17. The van der Waals surface area contributed by atoms with Crippen LogP contribution in [-0.4, -0.2) is 36.6 Å². The SMILES string of the molecule is O=C(COc1ccc(Cl)cc1)N[C@H]1CCN(c2nccs2)C1. The molecule has 1 aromatic heterocycles. The van der Waals surface area contributed by atoms with Crippen LogP contribution in [0.2, 0.25) is 5.02 Å². The van der Waals surface area contributed by atoms with Crippen molar-refractivity contribution in [2.45, 2.75) is 12.5 Å². The highest BCUT2D eigenvalue weighted by molar-refractivity contribution is 7.13. The number of ether oxygens (including phenoxy) is 1. The molecule has 1 saturated heterocycles. The van der Waals surface area contributed by atoms with Crippen LogP contribution in [0.15, 0.2) is 35.8 Å². The largest absolute Gasteiger partial charge is 0.484 e. The van der Waals surface area contributed by atoms with Crippen LogP contribution in [0.4, 0.5) is 5.13 Å². The smallest absolute Gasteiger partial charge is 0.258 e. The van der Waals surface area contributed by atoms with Gasteiger partial charge in [0.15, 0.2) is 11.7 Å². The summed E-state index contributed by atoms with van der Waals surface area (Å²) in [5.74, 6) is 0.524. The minimum absolute atomic E-state index is 0.00931. The number of carbonyl (C=O) groups excluding carboxylic acids is 1. The van der Waals surface area contributed by atoms with Crippen molar-refractivity contribution in [3.05, 3.63) is 40.9 Å². The van der Waals surface area contributed by atoms with Crippen LogP contribution >= 0.6 is 22.9 Å². The molecule has 1 atom stereocenters. The lowest BCUT2D eigenvalue weighted by atomic mass is 10.2. The number of aromatic nitrogens is 1. The first kappa shape index (κ1) is 15.1. The summed E-state index contributed by atoms with van der Waals surface area (Å²) in [7, 11) is 0. The van der Waals surface area contributed by atoms with E-state index >= 15 is 0 Å². The van der Waals surface area contributed by atoms with E-state index < -0.39 is 0 Å². The summed E-state index contributed by atoms with van der Waals surface area (Å²) in [6.07, 6.45) is 2.72. The van der Waals surface area contributed by atoms with E-state index in [0.717, 1.165) is 24.6 Å². The maximum absolute atomic E-state index is 11.9. The van der Waals surface area contributed by atoms with Crippen molar-refractivity contribution in [3.8, 4) is 5.75 Å². The van der Waals surface area contributed by atoms with Gasteiger partial charge in [-0.15, -0.1) is 11.3 Å². The van der Waals surface area contributed by atoms with E-state index in [1.807, 2.05) is 5.38 Å². The maximum Gasteiger partial charge on any atom is 0.258 e. The normalized spacial score (nSPS) is 17.5. The maximum atomic E-state index is 11.9. The van der Waals surface area contributed by atoms with Crippen molar-refractivity contribution in [2.75, 3.05) is 24.6 Å². The number of nitrogens with zero attached hydrogens (tertiary/aromatic N) is 2. The molecule has 22 heavy (non-hydrogen) atoms. The molecule has 3 rings (SSSR count). The highest BCUT2D eigenvalue weighted by atomic mass is 35.5. The fraction of sp³-hybridized carbons (Fsp3) is 0.333. The zero-order valence-corrected chi connectivity index (χ0v) is 13.4. The van der Waals surface area contributed by atoms with Gasteiger partial charge in [-0.05, 0) is 30.7 Å². The fourth-order valence-corrected chi connectivity index (χ4v) is 3.18. The molecule has 1 N–H and O–H groups in total. The number of thiazole rings is 1. The van der Waals surface area contributed by atoms with Gasteiger partial charge >= 0.3 is 0 Å². The Morgan fingerprint density at radius 2 is 2.27 bits per heavy atom. The lowest BCUT2D eigenvalue weighted by molar-refractivity contribution is -0.123. The van der Waals surface area contributed by atoms with Gasteiger partial charge in [-0.3, -0.25) is 4.79 Å². The van der Waals surface area contributed by atoms with Crippen LogP contribution < -0.4 is 15.0 Å². The van der Waals surface area contributed by atoms with Crippen LogP contribution in [-0.2, 0) is 4.79 Å². The molecule has 2 aromatic rings. The molecule has 0 unspecified atom stereocenters. The Labute approximate surface area is 137 Å². The molecule has 1 amide bonds. The second-order valence-corrected chi connectivity index (χ2v) is 6.37. The third kappa shape index (κ3) is 3.90. The number of rotatable bonds is 5. The molecule has 0 radical (unpaired) electrons. The first-order valence-corrected chi connectivity index (χ1v) is 8.28. The van der Waals surface area contributed by atoms with E-state index in [4.69, 9.17) is 16.3 Å². The Kier molecular flexibility index (Phi) is 4.80. The Hall–Kier alpha value is -1.79. The predicted molar refractivity (Wildman–Crippen MR) is 87.8 cm³/mol. The molecule has 2 heterocycles. The Bertz CT molecular complexity index is 618. The highest BCUT2D eigenvalue weighted by Gasteiger charge is 2.25. The summed E-state index contributed by atoms with van der Waals surface area (Å²) in [6, 6.07) is 7.10. The van der Waals surface area contributed by atoms with Gasteiger partial charge in [0.2, 0.25) is 0 Å². The molecule has 0 aliphatic carbocycles.